The number of ether oxygens (including phenoxy) is 1. The SMILES string of the molecule is CCCCCCCCC(CCCCCC)C(=O)OCCCCCCCCN. The van der Waals surface area contributed by atoms with Crippen molar-refractivity contribution in [3.8, 4) is 0 Å². The summed E-state index contributed by atoms with van der Waals surface area (Å²) in [6.45, 7) is 5.90. The molecule has 0 aromatic heterocycles. The third kappa shape index (κ3) is 18.6. The minimum absolute atomic E-state index is 0.0724. The summed E-state index contributed by atoms with van der Waals surface area (Å²) in [5, 5.41) is 0. The normalized spacial score (nSPS) is 12.3. The molecule has 0 rings (SSSR count). The molecule has 0 aromatic carbocycles. The average molecular weight is 384 g/mol. The molecule has 3 nitrogen and oxygen atoms in total. The van der Waals surface area contributed by atoms with Crippen molar-refractivity contribution in [3.63, 3.8) is 0 Å². The quantitative estimate of drug-likeness (QED) is 0.169. The van der Waals surface area contributed by atoms with E-state index in [9.17, 15) is 4.79 Å². The zero-order valence-electron chi connectivity index (χ0n) is 18.6. The van der Waals surface area contributed by atoms with E-state index in [0.717, 1.165) is 38.6 Å². The molecule has 0 saturated heterocycles. The number of unbranched alkanes of at least 4 members (excludes halogenated alkanes) is 13. The molecule has 0 heterocycles. The second kappa shape index (κ2) is 21.7. The summed E-state index contributed by atoms with van der Waals surface area (Å²) in [5.41, 5.74) is 5.51. The molecule has 0 spiro atoms. The van der Waals surface area contributed by atoms with Gasteiger partial charge in [0.1, 0.15) is 0 Å². The van der Waals surface area contributed by atoms with E-state index < -0.39 is 0 Å². The van der Waals surface area contributed by atoms with Gasteiger partial charge in [-0.2, -0.15) is 0 Å². The van der Waals surface area contributed by atoms with Crippen LogP contribution in [0.15, 0.2) is 0 Å². The second-order valence-electron chi connectivity index (χ2n) is 8.18. The van der Waals surface area contributed by atoms with E-state index in [0.29, 0.717) is 6.61 Å². The summed E-state index contributed by atoms with van der Waals surface area (Å²) < 4.78 is 5.63. The van der Waals surface area contributed by atoms with E-state index in [1.165, 1.54) is 83.5 Å². The molecular weight excluding hydrogens is 334 g/mol. The summed E-state index contributed by atoms with van der Waals surface area (Å²) in [7, 11) is 0. The van der Waals surface area contributed by atoms with Crippen LogP contribution in [0.25, 0.3) is 0 Å². The second-order valence-corrected chi connectivity index (χ2v) is 8.18. The number of nitrogens with two attached hydrogens (primary N) is 1. The Morgan fingerprint density at radius 2 is 1.11 bits per heavy atom. The van der Waals surface area contributed by atoms with Crippen LogP contribution >= 0.6 is 0 Å². The Labute approximate surface area is 170 Å². The zero-order chi connectivity index (χ0) is 20.0. The molecule has 0 saturated carbocycles. The smallest absolute Gasteiger partial charge is 0.308 e. The van der Waals surface area contributed by atoms with Crippen molar-refractivity contribution in [2.45, 2.75) is 129 Å². The summed E-state index contributed by atoms with van der Waals surface area (Å²) >= 11 is 0. The molecular formula is C24H49NO2. The lowest BCUT2D eigenvalue weighted by Gasteiger charge is -2.16. The van der Waals surface area contributed by atoms with E-state index in [2.05, 4.69) is 13.8 Å². The van der Waals surface area contributed by atoms with Gasteiger partial charge in [0.15, 0.2) is 0 Å². The molecule has 1 unspecified atom stereocenters. The molecule has 0 fully saturated rings. The molecule has 0 bridgehead atoms. The van der Waals surface area contributed by atoms with E-state index in [1.54, 1.807) is 0 Å². The maximum Gasteiger partial charge on any atom is 0.308 e. The fourth-order valence-corrected chi connectivity index (χ4v) is 3.61. The van der Waals surface area contributed by atoms with Gasteiger partial charge in [-0.3, -0.25) is 4.79 Å². The van der Waals surface area contributed by atoms with Crippen LogP contribution in [0.1, 0.15) is 129 Å². The van der Waals surface area contributed by atoms with Gasteiger partial charge in [0.2, 0.25) is 0 Å². The van der Waals surface area contributed by atoms with E-state index in [-0.39, 0.29) is 11.9 Å². The highest BCUT2D eigenvalue weighted by Gasteiger charge is 2.19. The van der Waals surface area contributed by atoms with Gasteiger partial charge < -0.3 is 10.5 Å². The molecule has 162 valence electrons. The van der Waals surface area contributed by atoms with Gasteiger partial charge in [0.05, 0.1) is 12.5 Å². The van der Waals surface area contributed by atoms with Crippen molar-refractivity contribution in [1.29, 1.82) is 0 Å². The number of rotatable bonds is 21. The number of carbonyl (C=O) groups is 1. The number of hydrogen-bond acceptors (Lipinski definition) is 3. The fourth-order valence-electron chi connectivity index (χ4n) is 3.61. The summed E-state index contributed by atoms with van der Waals surface area (Å²) in [4.78, 5) is 12.5. The Bertz CT molecular complexity index is 307. The van der Waals surface area contributed by atoms with Crippen molar-refractivity contribution in [1.82, 2.24) is 0 Å². The van der Waals surface area contributed by atoms with Gasteiger partial charge in [-0.05, 0) is 32.2 Å². The minimum Gasteiger partial charge on any atom is -0.465 e. The van der Waals surface area contributed by atoms with Crippen LogP contribution in [0.5, 0.6) is 0 Å². The van der Waals surface area contributed by atoms with Gasteiger partial charge in [0, 0.05) is 0 Å². The maximum absolute atomic E-state index is 12.5. The third-order valence-corrected chi connectivity index (χ3v) is 5.49. The van der Waals surface area contributed by atoms with Crippen LogP contribution in [0.2, 0.25) is 0 Å². The lowest BCUT2D eigenvalue weighted by molar-refractivity contribution is -0.149. The summed E-state index contributed by atoms with van der Waals surface area (Å²) in [6, 6.07) is 0. The Kier molecular flexibility index (Phi) is 21.3. The number of hydrogen-bond donors (Lipinski definition) is 1. The van der Waals surface area contributed by atoms with Crippen LogP contribution < -0.4 is 5.73 Å². The predicted molar refractivity (Wildman–Crippen MR) is 118 cm³/mol. The number of esters is 1. The van der Waals surface area contributed by atoms with Gasteiger partial charge in [-0.1, -0.05) is 104 Å². The highest BCUT2D eigenvalue weighted by Crippen LogP contribution is 2.20. The molecule has 1 atom stereocenters. The van der Waals surface area contributed by atoms with Gasteiger partial charge >= 0.3 is 5.97 Å². The van der Waals surface area contributed by atoms with Gasteiger partial charge in [0.25, 0.3) is 0 Å². The molecule has 27 heavy (non-hydrogen) atoms. The molecule has 0 aliphatic heterocycles. The topological polar surface area (TPSA) is 52.3 Å². The van der Waals surface area contributed by atoms with Gasteiger partial charge in [-0.25, -0.2) is 0 Å². The van der Waals surface area contributed by atoms with Crippen molar-refractivity contribution in [2.75, 3.05) is 13.2 Å². The first kappa shape index (κ1) is 26.4. The minimum atomic E-state index is 0.0724. The first-order valence-corrected chi connectivity index (χ1v) is 12.1. The lowest BCUT2D eigenvalue weighted by Crippen LogP contribution is -2.18. The first-order chi connectivity index (χ1) is 13.3. The summed E-state index contributed by atoms with van der Waals surface area (Å²) in [5.74, 6) is 0.209. The van der Waals surface area contributed by atoms with E-state index in [4.69, 9.17) is 10.5 Å². The highest BCUT2D eigenvalue weighted by molar-refractivity contribution is 5.72. The van der Waals surface area contributed by atoms with E-state index >= 15 is 0 Å². The zero-order valence-corrected chi connectivity index (χ0v) is 18.6. The molecule has 2 N–H and O–H groups in total. The number of carbonyl (C=O) groups excluding carboxylic acids is 1. The van der Waals surface area contributed by atoms with Crippen LogP contribution in [0.4, 0.5) is 0 Å². The Morgan fingerprint density at radius 1 is 0.667 bits per heavy atom. The van der Waals surface area contributed by atoms with Crippen LogP contribution in [-0.4, -0.2) is 19.1 Å². The average Bonchev–Trinajstić information content (AvgIpc) is 2.68. The molecule has 0 radical (unpaired) electrons. The fraction of sp³-hybridized carbons (Fsp3) is 0.958. The van der Waals surface area contributed by atoms with Crippen LogP contribution in [0.3, 0.4) is 0 Å². The maximum atomic E-state index is 12.5. The molecule has 0 aliphatic rings. The Balaban J connectivity index is 3.93. The van der Waals surface area contributed by atoms with Crippen molar-refractivity contribution in [2.24, 2.45) is 11.7 Å². The lowest BCUT2D eigenvalue weighted by atomic mass is 9.94. The highest BCUT2D eigenvalue weighted by atomic mass is 16.5. The monoisotopic (exact) mass is 383 g/mol. The van der Waals surface area contributed by atoms with Gasteiger partial charge in [-0.15, -0.1) is 0 Å². The predicted octanol–water partition coefficient (Wildman–Crippen LogP) is 7.17. The molecule has 0 amide bonds. The summed E-state index contributed by atoms with van der Waals surface area (Å²) in [6.07, 6.45) is 21.7. The third-order valence-electron chi connectivity index (χ3n) is 5.49. The Hall–Kier alpha value is -0.570. The molecule has 3 heteroatoms. The standard InChI is InChI=1S/C24H49NO2/c1-3-5-7-9-12-16-20-23(19-15-8-6-4-2)24(26)27-22-18-14-11-10-13-17-21-25/h23H,3-22,25H2,1-2H3. The Morgan fingerprint density at radius 3 is 1.67 bits per heavy atom. The van der Waals surface area contributed by atoms with Crippen molar-refractivity contribution >= 4 is 5.97 Å². The van der Waals surface area contributed by atoms with Crippen LogP contribution in [-0.2, 0) is 9.53 Å². The van der Waals surface area contributed by atoms with Crippen LogP contribution in [0, 0.1) is 5.92 Å². The molecule has 0 aliphatic carbocycles. The van der Waals surface area contributed by atoms with Crippen molar-refractivity contribution < 1.29 is 9.53 Å². The van der Waals surface area contributed by atoms with Crippen molar-refractivity contribution in [3.05, 3.63) is 0 Å². The first-order valence-electron chi connectivity index (χ1n) is 12.1. The van der Waals surface area contributed by atoms with E-state index in [1.807, 2.05) is 0 Å². The molecule has 0 aromatic rings. The largest absolute Gasteiger partial charge is 0.465 e.